The van der Waals surface area contributed by atoms with Gasteiger partial charge in [-0.15, -0.1) is 0 Å². The highest BCUT2D eigenvalue weighted by Gasteiger charge is 2.26. The topological polar surface area (TPSA) is 62.3 Å². The largest absolute Gasteiger partial charge is 0.349 e. The molecule has 1 aromatic carbocycles. The fraction of sp³-hybridized carbons (Fsp3) is 0.480. The molecule has 31 heavy (non-hydrogen) atoms. The van der Waals surface area contributed by atoms with Crippen LogP contribution in [0.25, 0.3) is 11.3 Å². The molecule has 0 radical (unpaired) electrons. The summed E-state index contributed by atoms with van der Waals surface area (Å²) in [5.74, 6) is -0.704. The molecule has 6 heteroatoms. The van der Waals surface area contributed by atoms with Gasteiger partial charge in [0.1, 0.15) is 5.82 Å². The second kappa shape index (κ2) is 9.16. The smallest absolute Gasteiger partial charge is 0.255 e. The zero-order valence-electron chi connectivity index (χ0n) is 18.3. The molecule has 1 aromatic heterocycles. The van der Waals surface area contributed by atoms with E-state index in [-0.39, 0.29) is 17.9 Å². The molecule has 2 amide bonds. The number of carbonyl (C=O) groups is 2. The molecular formula is C25H30FN3O2. The monoisotopic (exact) mass is 423 g/mol. The minimum absolute atomic E-state index is 0.00563. The van der Waals surface area contributed by atoms with Crippen LogP contribution in [0.3, 0.4) is 0 Å². The molecule has 2 saturated carbocycles. The minimum Gasteiger partial charge on any atom is -0.349 e. The van der Waals surface area contributed by atoms with E-state index in [1.807, 2.05) is 11.8 Å². The number of amides is 2. The summed E-state index contributed by atoms with van der Waals surface area (Å²) in [6.45, 7) is 4.36. The number of hydrogen-bond donors (Lipinski definition) is 1. The van der Waals surface area contributed by atoms with Crippen molar-refractivity contribution < 1.29 is 14.0 Å². The summed E-state index contributed by atoms with van der Waals surface area (Å²) in [5, 5.41) is 2.89. The zero-order chi connectivity index (χ0) is 22.0. The van der Waals surface area contributed by atoms with Gasteiger partial charge in [-0.25, -0.2) is 4.39 Å². The van der Waals surface area contributed by atoms with Crippen LogP contribution in [0.15, 0.2) is 30.5 Å². The Hall–Kier alpha value is -2.76. The van der Waals surface area contributed by atoms with Crippen molar-refractivity contribution in [2.75, 3.05) is 6.54 Å². The van der Waals surface area contributed by atoms with Crippen LogP contribution < -0.4 is 5.32 Å². The molecule has 0 atom stereocenters. The predicted octanol–water partition coefficient (Wildman–Crippen LogP) is 4.88. The maximum Gasteiger partial charge on any atom is 0.255 e. The van der Waals surface area contributed by atoms with Crippen LogP contribution in [0.4, 0.5) is 4.39 Å². The molecule has 2 aliphatic carbocycles. The number of pyridine rings is 1. The van der Waals surface area contributed by atoms with Gasteiger partial charge in [-0.2, -0.15) is 0 Å². The van der Waals surface area contributed by atoms with E-state index in [4.69, 9.17) is 0 Å². The van der Waals surface area contributed by atoms with Gasteiger partial charge in [0.2, 0.25) is 0 Å². The quantitative estimate of drug-likeness (QED) is 0.720. The van der Waals surface area contributed by atoms with Crippen molar-refractivity contribution in [3.05, 3.63) is 53.0 Å². The molecule has 164 valence electrons. The van der Waals surface area contributed by atoms with Gasteiger partial charge in [-0.1, -0.05) is 19.3 Å². The Morgan fingerprint density at radius 2 is 1.84 bits per heavy atom. The number of nitrogens with one attached hydrogen (secondary N) is 1. The van der Waals surface area contributed by atoms with Crippen molar-refractivity contribution in [3.8, 4) is 11.3 Å². The van der Waals surface area contributed by atoms with Gasteiger partial charge < -0.3 is 10.2 Å². The SMILES string of the molecule is CCN(C(=O)c1ccc(-c2cc(C(=O)NC3CC3)cc(F)c2C)nc1)C1CCCCC1. The van der Waals surface area contributed by atoms with Gasteiger partial charge in [0.25, 0.3) is 11.8 Å². The van der Waals surface area contributed by atoms with E-state index in [1.54, 1.807) is 31.3 Å². The minimum atomic E-state index is -0.435. The lowest BCUT2D eigenvalue weighted by atomic mass is 9.93. The van der Waals surface area contributed by atoms with Gasteiger partial charge in [0.15, 0.2) is 0 Å². The first-order valence-corrected chi connectivity index (χ1v) is 11.4. The summed E-state index contributed by atoms with van der Waals surface area (Å²) in [6, 6.07) is 6.95. The molecule has 0 saturated heterocycles. The summed E-state index contributed by atoms with van der Waals surface area (Å²) in [5.41, 5.74) is 2.39. The number of aromatic nitrogens is 1. The number of rotatable bonds is 6. The normalized spacial score (nSPS) is 16.7. The molecule has 1 heterocycles. The molecular weight excluding hydrogens is 393 g/mol. The Bertz CT molecular complexity index is 963. The molecule has 2 fully saturated rings. The average Bonchev–Trinajstić information content (AvgIpc) is 3.61. The lowest BCUT2D eigenvalue weighted by Crippen LogP contribution is -2.41. The Morgan fingerprint density at radius 1 is 1.10 bits per heavy atom. The molecule has 4 rings (SSSR count). The maximum atomic E-state index is 14.5. The van der Waals surface area contributed by atoms with Crippen molar-refractivity contribution in [1.82, 2.24) is 15.2 Å². The summed E-state index contributed by atoms with van der Waals surface area (Å²) < 4.78 is 14.5. The molecule has 5 nitrogen and oxygen atoms in total. The van der Waals surface area contributed by atoms with Gasteiger partial charge in [-0.05, 0) is 69.4 Å². The highest BCUT2D eigenvalue weighted by molar-refractivity contribution is 5.96. The highest BCUT2D eigenvalue weighted by Crippen LogP contribution is 2.28. The van der Waals surface area contributed by atoms with Gasteiger partial charge in [0, 0.05) is 36.0 Å². The van der Waals surface area contributed by atoms with E-state index in [0.29, 0.717) is 40.5 Å². The van der Waals surface area contributed by atoms with E-state index in [9.17, 15) is 14.0 Å². The van der Waals surface area contributed by atoms with E-state index in [2.05, 4.69) is 10.3 Å². The summed E-state index contributed by atoms with van der Waals surface area (Å²) >= 11 is 0. The predicted molar refractivity (Wildman–Crippen MR) is 118 cm³/mol. The maximum absolute atomic E-state index is 14.5. The fourth-order valence-electron chi connectivity index (χ4n) is 4.38. The average molecular weight is 424 g/mol. The Labute approximate surface area is 183 Å². The summed E-state index contributed by atoms with van der Waals surface area (Å²) in [6.07, 6.45) is 9.20. The number of carbonyl (C=O) groups excluding carboxylic acids is 2. The molecule has 2 aromatic rings. The van der Waals surface area contributed by atoms with Crippen LogP contribution in [0.1, 0.15) is 78.1 Å². The standard InChI is InChI=1S/C25H30FN3O2/c1-3-29(20-7-5-4-6-8-20)25(31)17-9-12-23(27-15-17)21-13-18(14-22(26)16(21)2)24(30)28-19-10-11-19/h9,12-15,19-20H,3-8,10-11H2,1-2H3,(H,28,30). The first-order chi connectivity index (χ1) is 15.0. The van der Waals surface area contributed by atoms with Crippen LogP contribution in [0.2, 0.25) is 0 Å². The zero-order valence-corrected chi connectivity index (χ0v) is 18.3. The van der Waals surface area contributed by atoms with Crippen molar-refractivity contribution in [1.29, 1.82) is 0 Å². The van der Waals surface area contributed by atoms with Crippen LogP contribution >= 0.6 is 0 Å². The first kappa shape index (κ1) is 21.5. The molecule has 2 aliphatic rings. The number of hydrogen-bond acceptors (Lipinski definition) is 3. The van der Waals surface area contributed by atoms with Crippen LogP contribution in [0.5, 0.6) is 0 Å². The van der Waals surface area contributed by atoms with Crippen LogP contribution in [-0.2, 0) is 0 Å². The molecule has 0 spiro atoms. The highest BCUT2D eigenvalue weighted by atomic mass is 19.1. The number of nitrogens with zero attached hydrogens (tertiary/aromatic N) is 2. The molecule has 0 unspecified atom stereocenters. The van der Waals surface area contributed by atoms with Crippen molar-refractivity contribution >= 4 is 11.8 Å². The second-order valence-corrected chi connectivity index (χ2v) is 8.69. The van der Waals surface area contributed by atoms with E-state index < -0.39 is 5.82 Å². The van der Waals surface area contributed by atoms with Crippen molar-refractivity contribution in [2.45, 2.75) is 70.9 Å². The van der Waals surface area contributed by atoms with E-state index in [0.717, 1.165) is 25.7 Å². The lowest BCUT2D eigenvalue weighted by Gasteiger charge is -2.33. The third-order valence-corrected chi connectivity index (χ3v) is 6.42. The first-order valence-electron chi connectivity index (χ1n) is 11.4. The van der Waals surface area contributed by atoms with Gasteiger partial charge in [-0.3, -0.25) is 14.6 Å². The summed E-state index contributed by atoms with van der Waals surface area (Å²) in [4.78, 5) is 31.9. The van der Waals surface area contributed by atoms with Crippen LogP contribution in [0, 0.1) is 12.7 Å². The molecule has 0 aliphatic heterocycles. The van der Waals surface area contributed by atoms with Crippen molar-refractivity contribution in [2.24, 2.45) is 0 Å². The Kier molecular flexibility index (Phi) is 6.35. The molecule has 0 bridgehead atoms. The number of benzene rings is 1. The van der Waals surface area contributed by atoms with Crippen LogP contribution in [-0.4, -0.2) is 40.3 Å². The third-order valence-electron chi connectivity index (χ3n) is 6.42. The van der Waals surface area contributed by atoms with Gasteiger partial charge >= 0.3 is 0 Å². The van der Waals surface area contributed by atoms with E-state index in [1.165, 1.54) is 25.3 Å². The molecule has 1 N–H and O–H groups in total. The summed E-state index contributed by atoms with van der Waals surface area (Å²) in [7, 11) is 0. The third kappa shape index (κ3) is 4.78. The van der Waals surface area contributed by atoms with Gasteiger partial charge in [0.05, 0.1) is 11.3 Å². The Balaban J connectivity index is 1.56. The fourth-order valence-corrected chi connectivity index (χ4v) is 4.38. The Morgan fingerprint density at radius 3 is 2.45 bits per heavy atom. The van der Waals surface area contributed by atoms with Crippen molar-refractivity contribution in [3.63, 3.8) is 0 Å². The number of halogens is 1. The lowest BCUT2D eigenvalue weighted by molar-refractivity contribution is 0.0647. The van der Waals surface area contributed by atoms with E-state index >= 15 is 0 Å². The second-order valence-electron chi connectivity index (χ2n) is 8.69.